The van der Waals surface area contributed by atoms with E-state index >= 15 is 0 Å². The third-order valence-corrected chi connectivity index (χ3v) is 4.78. The maximum absolute atomic E-state index is 12.4. The van der Waals surface area contributed by atoms with Crippen LogP contribution in [0.25, 0.3) is 0 Å². The Morgan fingerprint density at radius 2 is 1.50 bits per heavy atom. The second-order valence-electron chi connectivity index (χ2n) is 4.70. The molecule has 0 bridgehead atoms. The van der Waals surface area contributed by atoms with Gasteiger partial charge in [-0.1, -0.05) is 0 Å². The Labute approximate surface area is 139 Å². The highest BCUT2D eigenvalue weighted by atomic mass is 32.2. The average Bonchev–Trinajstić information content (AvgIpc) is 2.59. The number of sulfone groups is 1. The second-order valence-corrected chi connectivity index (χ2v) is 6.65. The summed E-state index contributed by atoms with van der Waals surface area (Å²) >= 11 is 0. The summed E-state index contributed by atoms with van der Waals surface area (Å²) in [5, 5.41) is 17.8. The zero-order chi connectivity index (χ0) is 17.6. The lowest BCUT2D eigenvalue weighted by Crippen LogP contribution is -2.16. The number of benzene rings is 2. The first-order valence-electron chi connectivity index (χ1n) is 6.97. The summed E-state index contributed by atoms with van der Waals surface area (Å²) in [4.78, 5) is 11.4. The minimum absolute atomic E-state index is 0.0224. The Kier molecular flexibility index (Phi) is 5.78. The minimum Gasteiger partial charge on any atom is -0.508 e. The molecule has 0 spiro atoms. The highest BCUT2D eigenvalue weighted by molar-refractivity contribution is 7.91. The number of carbonyl (C=O) groups is 1. The lowest BCUT2D eigenvalue weighted by Gasteiger charge is -2.08. The van der Waals surface area contributed by atoms with Crippen LogP contribution in [-0.2, 0) is 19.4 Å². The highest BCUT2D eigenvalue weighted by Gasteiger charge is 2.17. The average molecular weight is 352 g/mol. The fourth-order valence-corrected chi connectivity index (χ4v) is 3.08. The smallest absolute Gasteiger partial charge is 0.344 e. The van der Waals surface area contributed by atoms with E-state index in [1.54, 1.807) is 0 Å². The number of carbonyl (C=O) groups excluding carboxylic acids is 1. The lowest BCUT2D eigenvalue weighted by atomic mass is 10.3. The molecule has 2 aromatic carbocycles. The zero-order valence-corrected chi connectivity index (χ0v) is 13.4. The number of rotatable bonds is 7. The van der Waals surface area contributed by atoms with E-state index in [4.69, 9.17) is 9.84 Å². The summed E-state index contributed by atoms with van der Waals surface area (Å²) in [6.45, 7) is -0.717. The third kappa shape index (κ3) is 4.46. The molecule has 0 saturated heterocycles. The van der Waals surface area contributed by atoms with E-state index in [9.17, 15) is 18.3 Å². The van der Waals surface area contributed by atoms with Gasteiger partial charge in [0.05, 0.1) is 16.4 Å². The summed E-state index contributed by atoms with van der Waals surface area (Å²) in [6, 6.07) is 10.8. The van der Waals surface area contributed by atoms with E-state index in [2.05, 4.69) is 4.74 Å². The minimum atomic E-state index is -3.70. The van der Waals surface area contributed by atoms with Crippen molar-refractivity contribution >= 4 is 15.8 Å². The van der Waals surface area contributed by atoms with Crippen LogP contribution in [0, 0.1) is 0 Å². The summed E-state index contributed by atoms with van der Waals surface area (Å²) in [5.74, 6) is -0.351. The predicted octanol–water partition coefficient (Wildman–Crippen LogP) is 1.14. The van der Waals surface area contributed by atoms with Crippen molar-refractivity contribution in [2.24, 2.45) is 0 Å². The van der Waals surface area contributed by atoms with Crippen LogP contribution in [0.4, 0.5) is 0 Å². The Bertz CT molecular complexity index is 780. The van der Waals surface area contributed by atoms with Crippen molar-refractivity contribution < 1.29 is 32.9 Å². The van der Waals surface area contributed by atoms with Crippen molar-refractivity contribution in [3.63, 3.8) is 0 Å². The molecule has 2 rings (SSSR count). The zero-order valence-electron chi connectivity index (χ0n) is 12.6. The summed E-state index contributed by atoms with van der Waals surface area (Å²) in [7, 11) is -3.70. The molecule has 7 nitrogen and oxygen atoms in total. The van der Waals surface area contributed by atoms with Gasteiger partial charge < -0.3 is 19.7 Å². The number of hydrogen-bond donors (Lipinski definition) is 2. The van der Waals surface area contributed by atoms with E-state index in [0.29, 0.717) is 5.75 Å². The molecule has 0 aliphatic heterocycles. The van der Waals surface area contributed by atoms with Gasteiger partial charge in [-0.15, -0.1) is 0 Å². The van der Waals surface area contributed by atoms with Crippen LogP contribution < -0.4 is 4.74 Å². The van der Waals surface area contributed by atoms with Crippen LogP contribution >= 0.6 is 0 Å². The number of ether oxygens (including phenoxy) is 2. The molecular weight excluding hydrogens is 336 g/mol. The molecular formula is C16H16O7S. The van der Waals surface area contributed by atoms with Crippen LogP contribution in [0.15, 0.2) is 58.3 Å². The molecule has 0 aromatic heterocycles. The molecule has 2 aromatic rings. The second kappa shape index (κ2) is 7.80. The van der Waals surface area contributed by atoms with Crippen LogP contribution in [0.3, 0.4) is 0 Å². The van der Waals surface area contributed by atoms with Gasteiger partial charge in [-0.3, -0.25) is 0 Å². The number of aliphatic hydroxyl groups is 1. The molecule has 2 N–H and O–H groups in total. The molecule has 24 heavy (non-hydrogen) atoms. The van der Waals surface area contributed by atoms with Crippen molar-refractivity contribution in [3.05, 3.63) is 48.5 Å². The number of phenolic OH excluding ortho intramolecular Hbond substituents is 1. The number of phenols is 1. The fourth-order valence-electron chi connectivity index (χ4n) is 1.82. The molecule has 0 atom stereocenters. The largest absolute Gasteiger partial charge is 0.508 e. The Hall–Kier alpha value is -2.58. The van der Waals surface area contributed by atoms with Gasteiger partial charge in [0.2, 0.25) is 9.84 Å². The molecule has 0 aliphatic rings. The van der Waals surface area contributed by atoms with Crippen molar-refractivity contribution in [1.29, 1.82) is 0 Å². The Balaban J connectivity index is 2.06. The molecule has 8 heteroatoms. The molecule has 0 amide bonds. The summed E-state index contributed by atoms with van der Waals surface area (Å²) in [5.41, 5.74) is 0. The Morgan fingerprint density at radius 1 is 0.958 bits per heavy atom. The summed E-state index contributed by atoms with van der Waals surface area (Å²) in [6.07, 6.45) is 0. The monoisotopic (exact) mass is 352 g/mol. The maximum Gasteiger partial charge on any atom is 0.344 e. The lowest BCUT2D eigenvalue weighted by molar-refractivity contribution is -0.146. The van der Waals surface area contributed by atoms with E-state index in [0.717, 1.165) is 0 Å². The number of hydrogen-bond acceptors (Lipinski definition) is 7. The molecule has 0 aliphatic carbocycles. The number of aliphatic hydroxyl groups excluding tert-OH is 1. The van der Waals surface area contributed by atoms with Crippen molar-refractivity contribution in [3.8, 4) is 11.5 Å². The van der Waals surface area contributed by atoms with Gasteiger partial charge in [-0.05, 0) is 48.5 Å². The molecule has 0 fully saturated rings. The maximum atomic E-state index is 12.4. The van der Waals surface area contributed by atoms with Gasteiger partial charge in [0.1, 0.15) is 18.1 Å². The molecule has 0 unspecified atom stereocenters. The standard InChI is InChI=1S/C16H16O7S/c17-9-10-22-16(19)11-23-13-3-7-15(8-4-13)24(20,21)14-5-1-12(18)2-6-14/h1-8,17-18H,9-11H2. The topological polar surface area (TPSA) is 110 Å². The number of esters is 1. The van der Waals surface area contributed by atoms with Gasteiger partial charge in [0, 0.05) is 0 Å². The van der Waals surface area contributed by atoms with Gasteiger partial charge in [0.15, 0.2) is 6.61 Å². The van der Waals surface area contributed by atoms with Crippen molar-refractivity contribution in [1.82, 2.24) is 0 Å². The molecule has 0 radical (unpaired) electrons. The first kappa shape index (κ1) is 17.8. The van der Waals surface area contributed by atoms with Crippen LogP contribution in [-0.4, -0.2) is 44.4 Å². The van der Waals surface area contributed by atoms with Crippen molar-refractivity contribution in [2.45, 2.75) is 9.79 Å². The van der Waals surface area contributed by atoms with Crippen LogP contribution in [0.2, 0.25) is 0 Å². The van der Waals surface area contributed by atoms with E-state index in [1.807, 2.05) is 0 Å². The summed E-state index contributed by atoms with van der Waals surface area (Å²) < 4.78 is 34.6. The van der Waals surface area contributed by atoms with Crippen LogP contribution in [0.1, 0.15) is 0 Å². The molecule has 128 valence electrons. The van der Waals surface area contributed by atoms with E-state index in [1.165, 1.54) is 48.5 Å². The van der Waals surface area contributed by atoms with Crippen LogP contribution in [0.5, 0.6) is 11.5 Å². The van der Waals surface area contributed by atoms with Gasteiger partial charge in [-0.25, -0.2) is 13.2 Å². The van der Waals surface area contributed by atoms with Gasteiger partial charge in [0.25, 0.3) is 0 Å². The van der Waals surface area contributed by atoms with Gasteiger partial charge >= 0.3 is 5.97 Å². The fraction of sp³-hybridized carbons (Fsp3) is 0.188. The SMILES string of the molecule is O=C(COc1ccc(S(=O)(=O)c2ccc(O)cc2)cc1)OCCO. The number of aromatic hydroxyl groups is 1. The first-order chi connectivity index (χ1) is 11.4. The third-order valence-electron chi connectivity index (χ3n) is 2.99. The van der Waals surface area contributed by atoms with Gasteiger partial charge in [-0.2, -0.15) is 0 Å². The molecule has 0 saturated carbocycles. The first-order valence-corrected chi connectivity index (χ1v) is 8.45. The predicted molar refractivity (Wildman–Crippen MR) is 83.5 cm³/mol. The molecule has 0 heterocycles. The van der Waals surface area contributed by atoms with Crippen molar-refractivity contribution in [2.75, 3.05) is 19.8 Å². The quantitative estimate of drug-likeness (QED) is 0.719. The Morgan fingerprint density at radius 3 is 2.04 bits per heavy atom. The van der Waals surface area contributed by atoms with E-state index < -0.39 is 15.8 Å². The van der Waals surface area contributed by atoms with E-state index in [-0.39, 0.29) is 35.4 Å². The highest BCUT2D eigenvalue weighted by Crippen LogP contribution is 2.24. The normalized spacial score (nSPS) is 11.0.